The van der Waals surface area contributed by atoms with Crippen LogP contribution >= 0.6 is 0 Å². The molecule has 0 bridgehead atoms. The second-order valence-electron chi connectivity index (χ2n) is 8.34. The van der Waals surface area contributed by atoms with Crippen LogP contribution in [0, 0.1) is 13.8 Å². The third kappa shape index (κ3) is 8.67. The van der Waals surface area contributed by atoms with Crippen molar-refractivity contribution in [2.45, 2.75) is 46.6 Å². The summed E-state index contributed by atoms with van der Waals surface area (Å²) in [7, 11) is 0. The number of ether oxygens (including phenoxy) is 2. The van der Waals surface area contributed by atoms with Gasteiger partial charge in [-0.05, 0) is 70.0 Å². The highest BCUT2D eigenvalue weighted by molar-refractivity contribution is 5.94. The third-order valence-electron chi connectivity index (χ3n) is 4.36. The second-order valence-corrected chi connectivity index (χ2v) is 8.34. The number of aryl methyl sites for hydroxylation is 1. The molecule has 0 radical (unpaired) electrons. The molecule has 0 unspecified atom stereocenters. The number of carbonyl (C=O) groups excluding carboxylic acids is 3. The van der Waals surface area contributed by atoms with E-state index in [9.17, 15) is 14.4 Å². The SMILES string of the molecule is Cc1cccc(OCC(=O)Nc2cccc(NC(=O)CCNC(=O)OC(C)(C)C)c2)c1C. The summed E-state index contributed by atoms with van der Waals surface area (Å²) >= 11 is 0. The maximum Gasteiger partial charge on any atom is 0.407 e. The van der Waals surface area contributed by atoms with Gasteiger partial charge in [0.25, 0.3) is 5.91 Å². The van der Waals surface area contributed by atoms with Gasteiger partial charge in [0.15, 0.2) is 6.61 Å². The fourth-order valence-electron chi connectivity index (χ4n) is 2.71. The Morgan fingerprint density at radius 1 is 0.906 bits per heavy atom. The van der Waals surface area contributed by atoms with Crippen LogP contribution in [0.1, 0.15) is 38.3 Å². The van der Waals surface area contributed by atoms with Gasteiger partial charge in [-0.3, -0.25) is 9.59 Å². The van der Waals surface area contributed by atoms with Gasteiger partial charge in [0, 0.05) is 24.3 Å². The molecule has 3 amide bonds. The molecule has 0 saturated carbocycles. The molecule has 2 aromatic carbocycles. The normalized spacial score (nSPS) is 10.8. The zero-order valence-electron chi connectivity index (χ0n) is 19.2. The van der Waals surface area contributed by atoms with Crippen LogP contribution in [-0.2, 0) is 14.3 Å². The second kappa shape index (κ2) is 11.2. The summed E-state index contributed by atoms with van der Waals surface area (Å²) in [6.07, 6.45) is -0.488. The molecule has 0 fully saturated rings. The van der Waals surface area contributed by atoms with E-state index in [2.05, 4.69) is 16.0 Å². The minimum absolute atomic E-state index is 0.0829. The van der Waals surface area contributed by atoms with E-state index in [0.717, 1.165) is 11.1 Å². The van der Waals surface area contributed by atoms with Gasteiger partial charge in [-0.2, -0.15) is 0 Å². The average molecular weight is 442 g/mol. The quantitative estimate of drug-likeness (QED) is 0.570. The molecule has 0 saturated heterocycles. The molecule has 2 rings (SSSR count). The maximum atomic E-state index is 12.2. The number of amides is 3. The van der Waals surface area contributed by atoms with Crippen LogP contribution in [0.15, 0.2) is 42.5 Å². The number of rotatable bonds is 8. The Morgan fingerprint density at radius 3 is 2.19 bits per heavy atom. The van der Waals surface area contributed by atoms with Crippen molar-refractivity contribution in [3.63, 3.8) is 0 Å². The number of carbonyl (C=O) groups is 3. The van der Waals surface area contributed by atoms with Crippen molar-refractivity contribution < 1.29 is 23.9 Å². The molecule has 0 spiro atoms. The summed E-state index contributed by atoms with van der Waals surface area (Å²) in [6, 6.07) is 12.5. The lowest BCUT2D eigenvalue weighted by Crippen LogP contribution is -2.34. The Morgan fingerprint density at radius 2 is 1.53 bits per heavy atom. The summed E-state index contributed by atoms with van der Waals surface area (Å²) in [5.41, 5.74) is 2.55. The third-order valence-corrected chi connectivity index (χ3v) is 4.36. The van der Waals surface area contributed by atoms with E-state index in [0.29, 0.717) is 17.1 Å². The van der Waals surface area contributed by atoms with Gasteiger partial charge in [0.2, 0.25) is 5.91 Å². The number of benzene rings is 2. The van der Waals surface area contributed by atoms with Crippen molar-refractivity contribution in [2.24, 2.45) is 0 Å². The highest BCUT2D eigenvalue weighted by Gasteiger charge is 2.16. The van der Waals surface area contributed by atoms with Crippen molar-refractivity contribution in [3.8, 4) is 5.75 Å². The maximum absolute atomic E-state index is 12.2. The van der Waals surface area contributed by atoms with E-state index in [-0.39, 0.29) is 31.4 Å². The lowest BCUT2D eigenvalue weighted by molar-refractivity contribution is -0.118. The topological polar surface area (TPSA) is 106 Å². The molecular formula is C24H31N3O5. The molecule has 0 aliphatic rings. The number of alkyl carbamates (subject to hydrolysis) is 1. The van der Waals surface area contributed by atoms with Crippen LogP contribution in [0.3, 0.4) is 0 Å². The highest BCUT2D eigenvalue weighted by Crippen LogP contribution is 2.21. The van der Waals surface area contributed by atoms with Crippen LogP contribution in [0.5, 0.6) is 5.75 Å². The number of hydrogen-bond donors (Lipinski definition) is 3. The molecule has 0 aromatic heterocycles. The van der Waals surface area contributed by atoms with Gasteiger partial charge in [0.05, 0.1) is 0 Å². The summed E-state index contributed by atoms with van der Waals surface area (Å²) in [4.78, 5) is 36.0. The lowest BCUT2D eigenvalue weighted by atomic mass is 10.1. The van der Waals surface area contributed by atoms with Crippen molar-refractivity contribution in [2.75, 3.05) is 23.8 Å². The number of anilines is 2. The first kappa shape index (κ1) is 24.7. The number of nitrogens with one attached hydrogen (secondary N) is 3. The molecule has 32 heavy (non-hydrogen) atoms. The van der Waals surface area contributed by atoms with Crippen LogP contribution in [0.4, 0.5) is 16.2 Å². The summed E-state index contributed by atoms with van der Waals surface area (Å²) in [5, 5.41) is 8.02. The van der Waals surface area contributed by atoms with Gasteiger partial charge in [-0.25, -0.2) is 4.79 Å². The molecule has 0 aliphatic carbocycles. The number of hydrogen-bond acceptors (Lipinski definition) is 5. The molecular weight excluding hydrogens is 410 g/mol. The predicted molar refractivity (Wildman–Crippen MR) is 124 cm³/mol. The first-order valence-corrected chi connectivity index (χ1v) is 10.4. The van der Waals surface area contributed by atoms with Crippen LogP contribution in [-0.4, -0.2) is 36.7 Å². The molecule has 2 aromatic rings. The zero-order valence-corrected chi connectivity index (χ0v) is 19.2. The van der Waals surface area contributed by atoms with Gasteiger partial charge in [0.1, 0.15) is 11.4 Å². The van der Waals surface area contributed by atoms with Gasteiger partial charge in [-0.15, -0.1) is 0 Å². The monoisotopic (exact) mass is 441 g/mol. The molecule has 0 heterocycles. The van der Waals surface area contributed by atoms with E-state index in [1.165, 1.54) is 0 Å². The van der Waals surface area contributed by atoms with Crippen molar-refractivity contribution >= 4 is 29.3 Å². The predicted octanol–water partition coefficient (Wildman–Crippen LogP) is 4.17. The fourth-order valence-corrected chi connectivity index (χ4v) is 2.71. The Bertz CT molecular complexity index is 966. The van der Waals surface area contributed by atoms with Gasteiger partial charge < -0.3 is 25.4 Å². The molecule has 8 nitrogen and oxygen atoms in total. The largest absolute Gasteiger partial charge is 0.483 e. The molecule has 0 aliphatic heterocycles. The van der Waals surface area contributed by atoms with E-state index in [1.54, 1.807) is 45.0 Å². The summed E-state index contributed by atoms with van der Waals surface area (Å²) in [6.45, 7) is 9.24. The smallest absolute Gasteiger partial charge is 0.407 e. The minimum Gasteiger partial charge on any atom is -0.483 e. The molecule has 3 N–H and O–H groups in total. The van der Waals surface area contributed by atoms with Crippen LogP contribution in [0.2, 0.25) is 0 Å². The molecule has 8 heteroatoms. The first-order chi connectivity index (χ1) is 15.0. The van der Waals surface area contributed by atoms with E-state index in [1.807, 2.05) is 32.0 Å². The van der Waals surface area contributed by atoms with E-state index < -0.39 is 11.7 Å². The molecule has 0 atom stereocenters. The van der Waals surface area contributed by atoms with Crippen molar-refractivity contribution in [1.29, 1.82) is 0 Å². The standard InChI is InChI=1S/C24H31N3O5/c1-16-8-6-11-20(17(16)2)31-15-22(29)27-19-10-7-9-18(14-19)26-21(28)12-13-25-23(30)32-24(3,4)5/h6-11,14H,12-13,15H2,1-5H3,(H,25,30)(H,26,28)(H,27,29). The first-order valence-electron chi connectivity index (χ1n) is 10.4. The Kier molecular flexibility index (Phi) is 8.63. The van der Waals surface area contributed by atoms with Gasteiger partial charge in [-0.1, -0.05) is 18.2 Å². The Balaban J connectivity index is 1.80. The van der Waals surface area contributed by atoms with E-state index in [4.69, 9.17) is 9.47 Å². The van der Waals surface area contributed by atoms with Crippen molar-refractivity contribution in [1.82, 2.24) is 5.32 Å². The average Bonchev–Trinajstić information content (AvgIpc) is 2.68. The van der Waals surface area contributed by atoms with E-state index >= 15 is 0 Å². The van der Waals surface area contributed by atoms with Crippen LogP contribution < -0.4 is 20.7 Å². The zero-order chi connectivity index (χ0) is 23.7. The Hall–Kier alpha value is -3.55. The fraction of sp³-hybridized carbons (Fsp3) is 0.375. The molecule has 172 valence electrons. The van der Waals surface area contributed by atoms with Crippen LogP contribution in [0.25, 0.3) is 0 Å². The Labute approximate surface area is 188 Å². The lowest BCUT2D eigenvalue weighted by Gasteiger charge is -2.19. The summed E-state index contributed by atoms with van der Waals surface area (Å²) in [5.74, 6) is 0.0832. The van der Waals surface area contributed by atoms with Gasteiger partial charge >= 0.3 is 6.09 Å². The summed E-state index contributed by atoms with van der Waals surface area (Å²) < 4.78 is 10.7. The minimum atomic E-state index is -0.596. The van der Waals surface area contributed by atoms with Crippen molar-refractivity contribution in [3.05, 3.63) is 53.6 Å². The highest BCUT2D eigenvalue weighted by atomic mass is 16.6.